The molecule has 2 aliphatic rings. The summed E-state index contributed by atoms with van der Waals surface area (Å²) in [6.45, 7) is 1.92. The lowest BCUT2D eigenvalue weighted by Crippen LogP contribution is -2.36. The van der Waals surface area contributed by atoms with E-state index in [9.17, 15) is 18.0 Å². The summed E-state index contributed by atoms with van der Waals surface area (Å²) >= 11 is 0. The van der Waals surface area contributed by atoms with Gasteiger partial charge in [0.2, 0.25) is 0 Å². The van der Waals surface area contributed by atoms with Gasteiger partial charge < -0.3 is 19.5 Å². The number of rotatable bonds is 3. The number of carbonyl (C=O) groups is 2. The molecule has 1 N–H and O–H groups in total. The number of halogens is 3. The van der Waals surface area contributed by atoms with E-state index in [0.29, 0.717) is 13.2 Å². The first-order valence-electron chi connectivity index (χ1n) is 9.54. The van der Waals surface area contributed by atoms with Crippen LogP contribution in [0.3, 0.4) is 0 Å². The Hall–Kier alpha value is -3.14. The molecule has 0 radical (unpaired) electrons. The van der Waals surface area contributed by atoms with Crippen molar-refractivity contribution in [2.75, 3.05) is 19.7 Å². The molecule has 1 amide bonds. The van der Waals surface area contributed by atoms with E-state index in [1.54, 1.807) is 12.4 Å². The maximum absolute atomic E-state index is 12.6. The Kier molecular flexibility index (Phi) is 6.79. The molecule has 0 saturated carbocycles. The summed E-state index contributed by atoms with van der Waals surface area (Å²) in [7, 11) is 0. The molecular weight excluding hydrogens is 417 g/mol. The van der Waals surface area contributed by atoms with Gasteiger partial charge in [-0.1, -0.05) is 18.2 Å². The summed E-state index contributed by atoms with van der Waals surface area (Å²) in [5.74, 6) is -1.92. The molecule has 2 unspecified atom stereocenters. The number of hydrogen-bond donors (Lipinski definition) is 1. The quantitative estimate of drug-likeness (QED) is 0.792. The van der Waals surface area contributed by atoms with Crippen LogP contribution in [0.2, 0.25) is 0 Å². The second kappa shape index (κ2) is 9.34. The van der Waals surface area contributed by atoms with Crippen molar-refractivity contribution in [1.82, 2.24) is 9.88 Å². The van der Waals surface area contributed by atoms with Crippen LogP contribution in [0, 0.1) is 0 Å². The predicted molar refractivity (Wildman–Crippen MR) is 103 cm³/mol. The van der Waals surface area contributed by atoms with Crippen molar-refractivity contribution in [3.63, 3.8) is 0 Å². The Morgan fingerprint density at radius 3 is 2.52 bits per heavy atom. The zero-order valence-electron chi connectivity index (χ0n) is 16.4. The molecule has 4 rings (SSSR count). The molecule has 0 bridgehead atoms. The number of amides is 1. The van der Waals surface area contributed by atoms with E-state index in [2.05, 4.69) is 4.98 Å². The van der Waals surface area contributed by atoms with E-state index < -0.39 is 12.1 Å². The molecule has 1 spiro atoms. The Bertz CT molecular complexity index is 895. The van der Waals surface area contributed by atoms with E-state index >= 15 is 0 Å². The second-order valence-corrected chi connectivity index (χ2v) is 7.27. The lowest BCUT2D eigenvalue weighted by Gasteiger charge is -2.23. The van der Waals surface area contributed by atoms with E-state index in [1.165, 1.54) is 0 Å². The normalized spacial score (nSPS) is 22.7. The number of alkyl halides is 3. The van der Waals surface area contributed by atoms with Crippen molar-refractivity contribution in [3.05, 3.63) is 60.4 Å². The van der Waals surface area contributed by atoms with Crippen molar-refractivity contribution in [2.24, 2.45) is 0 Å². The van der Waals surface area contributed by atoms with Crippen molar-refractivity contribution >= 4 is 11.9 Å². The molecule has 2 aromatic rings. The summed E-state index contributed by atoms with van der Waals surface area (Å²) < 4.78 is 43.8. The molecule has 10 heteroatoms. The van der Waals surface area contributed by atoms with Gasteiger partial charge in [-0.15, -0.1) is 0 Å². The van der Waals surface area contributed by atoms with E-state index in [-0.39, 0.29) is 17.6 Å². The van der Waals surface area contributed by atoms with Crippen LogP contribution < -0.4 is 4.74 Å². The van der Waals surface area contributed by atoms with Crippen molar-refractivity contribution in [2.45, 2.75) is 30.7 Å². The summed E-state index contributed by atoms with van der Waals surface area (Å²) in [5, 5.41) is 7.12. The minimum atomic E-state index is -5.08. The molecule has 2 atom stereocenters. The highest BCUT2D eigenvalue weighted by atomic mass is 19.4. The number of benzene rings is 1. The van der Waals surface area contributed by atoms with Crippen LogP contribution >= 0.6 is 0 Å². The largest absolute Gasteiger partial charge is 0.490 e. The highest BCUT2D eigenvalue weighted by Crippen LogP contribution is 2.37. The second-order valence-electron chi connectivity index (χ2n) is 7.27. The lowest BCUT2D eigenvalue weighted by molar-refractivity contribution is -0.192. The van der Waals surface area contributed by atoms with Gasteiger partial charge in [-0.2, -0.15) is 13.2 Å². The SMILES string of the molecule is O=C(O)C(F)(F)F.O=C(c1ccccc1)N1CCC2(CC(Oc3cccnc3)CO2)C1. The van der Waals surface area contributed by atoms with Crippen molar-refractivity contribution < 1.29 is 37.3 Å². The third-order valence-corrected chi connectivity index (χ3v) is 4.98. The molecule has 31 heavy (non-hydrogen) atoms. The summed E-state index contributed by atoms with van der Waals surface area (Å²) in [5.41, 5.74) is 0.466. The third kappa shape index (κ3) is 5.94. The zero-order chi connectivity index (χ0) is 22.5. The smallest absolute Gasteiger partial charge is 0.486 e. The van der Waals surface area contributed by atoms with Crippen molar-refractivity contribution in [1.29, 1.82) is 0 Å². The molecule has 2 aliphatic heterocycles. The Morgan fingerprint density at radius 1 is 1.19 bits per heavy atom. The molecule has 2 saturated heterocycles. The van der Waals surface area contributed by atoms with Crippen LogP contribution in [0.15, 0.2) is 54.9 Å². The number of hydrogen-bond acceptors (Lipinski definition) is 5. The summed E-state index contributed by atoms with van der Waals surface area (Å²) in [4.78, 5) is 27.4. The van der Waals surface area contributed by atoms with Crippen LogP contribution in [0.1, 0.15) is 23.2 Å². The molecule has 1 aromatic heterocycles. The Morgan fingerprint density at radius 2 is 1.90 bits per heavy atom. The predicted octanol–water partition coefficient (Wildman–Crippen LogP) is 3.17. The minimum Gasteiger partial charge on any atom is -0.486 e. The van der Waals surface area contributed by atoms with Gasteiger partial charge in [0, 0.05) is 24.7 Å². The molecule has 0 aliphatic carbocycles. The number of ether oxygens (including phenoxy) is 2. The van der Waals surface area contributed by atoms with Crippen LogP contribution in [0.5, 0.6) is 5.75 Å². The van der Waals surface area contributed by atoms with Crippen LogP contribution in [0.25, 0.3) is 0 Å². The molecule has 3 heterocycles. The maximum Gasteiger partial charge on any atom is 0.490 e. The van der Waals surface area contributed by atoms with Gasteiger partial charge >= 0.3 is 12.1 Å². The number of nitrogens with zero attached hydrogens (tertiary/aromatic N) is 2. The lowest BCUT2D eigenvalue weighted by atomic mass is 9.98. The average molecular weight is 438 g/mol. The fourth-order valence-corrected chi connectivity index (χ4v) is 3.55. The van der Waals surface area contributed by atoms with Crippen molar-refractivity contribution in [3.8, 4) is 5.75 Å². The number of likely N-dealkylation sites (tertiary alicyclic amines) is 1. The molecule has 166 valence electrons. The summed E-state index contributed by atoms with van der Waals surface area (Å²) in [6, 6.07) is 13.2. The van der Waals surface area contributed by atoms with E-state index in [0.717, 1.165) is 30.7 Å². The van der Waals surface area contributed by atoms with Gasteiger partial charge in [0.25, 0.3) is 5.91 Å². The van der Waals surface area contributed by atoms with Gasteiger partial charge in [0.15, 0.2) is 0 Å². The number of carboxylic acid groups (broad SMARTS) is 1. The highest BCUT2D eigenvalue weighted by molar-refractivity contribution is 5.94. The molecule has 1 aromatic carbocycles. The number of aromatic nitrogens is 1. The average Bonchev–Trinajstić information content (AvgIpc) is 3.35. The number of aliphatic carboxylic acids is 1. The monoisotopic (exact) mass is 438 g/mol. The fraction of sp³-hybridized carbons (Fsp3) is 0.381. The Balaban J connectivity index is 0.000000339. The van der Waals surface area contributed by atoms with Gasteiger partial charge in [0.1, 0.15) is 11.9 Å². The number of pyridine rings is 1. The zero-order valence-corrected chi connectivity index (χ0v) is 16.4. The fourth-order valence-electron chi connectivity index (χ4n) is 3.55. The molecule has 7 nitrogen and oxygen atoms in total. The van der Waals surface area contributed by atoms with E-state index in [4.69, 9.17) is 19.4 Å². The first kappa shape index (κ1) is 22.5. The number of carbonyl (C=O) groups excluding carboxylic acids is 1. The highest BCUT2D eigenvalue weighted by Gasteiger charge is 2.47. The summed E-state index contributed by atoms with van der Waals surface area (Å²) in [6.07, 6.45) is 0.0360. The Labute approximate surface area is 176 Å². The van der Waals surface area contributed by atoms with Gasteiger partial charge in [-0.3, -0.25) is 9.78 Å². The molecular formula is C21H21F3N2O5. The topological polar surface area (TPSA) is 89.0 Å². The molecule has 2 fully saturated rings. The van der Waals surface area contributed by atoms with Gasteiger partial charge in [-0.05, 0) is 30.7 Å². The first-order chi connectivity index (χ1) is 14.7. The van der Waals surface area contributed by atoms with Crippen LogP contribution in [-0.4, -0.2) is 64.4 Å². The maximum atomic E-state index is 12.6. The van der Waals surface area contributed by atoms with Crippen LogP contribution in [-0.2, 0) is 9.53 Å². The minimum absolute atomic E-state index is 0.0148. The van der Waals surface area contributed by atoms with Gasteiger partial charge in [-0.25, -0.2) is 4.79 Å². The first-order valence-corrected chi connectivity index (χ1v) is 9.54. The van der Waals surface area contributed by atoms with E-state index in [1.807, 2.05) is 47.4 Å². The third-order valence-electron chi connectivity index (χ3n) is 4.98. The van der Waals surface area contributed by atoms with Crippen LogP contribution in [0.4, 0.5) is 13.2 Å². The standard InChI is InChI=1S/C19H20N2O3.C2HF3O2/c22-18(15-5-2-1-3-6-15)21-10-8-19(14-21)11-17(13-23-19)24-16-7-4-9-20-12-16;3-2(4,5)1(6)7/h1-7,9,12,17H,8,10-11,13-14H2;(H,6,7). The van der Waals surface area contributed by atoms with Gasteiger partial charge in [0.05, 0.1) is 24.9 Å². The number of carboxylic acids is 1.